The fraction of sp³-hybridized carbons (Fsp3) is 0.120. The van der Waals surface area contributed by atoms with Crippen LogP contribution in [0.3, 0.4) is 0 Å². The molecule has 0 aromatic heterocycles. The van der Waals surface area contributed by atoms with Gasteiger partial charge in [0, 0.05) is 21.4 Å². The van der Waals surface area contributed by atoms with Gasteiger partial charge in [-0.3, -0.25) is 5.32 Å². The lowest BCUT2D eigenvalue weighted by molar-refractivity contribution is 0.442. The van der Waals surface area contributed by atoms with Crippen molar-refractivity contribution in [1.29, 1.82) is 0 Å². The van der Waals surface area contributed by atoms with Crippen LogP contribution in [0.2, 0.25) is 0 Å². The molecule has 0 fully saturated rings. The lowest BCUT2D eigenvalue weighted by Gasteiger charge is -2.34. The van der Waals surface area contributed by atoms with Crippen molar-refractivity contribution < 1.29 is 0 Å². The molecule has 0 amide bonds. The maximum atomic E-state index is 4.03. The Bertz CT molecular complexity index is 2840. The molecule has 260 valence electrons. The van der Waals surface area contributed by atoms with Crippen molar-refractivity contribution in [3.05, 3.63) is 197 Å². The van der Waals surface area contributed by atoms with Gasteiger partial charge in [0.1, 0.15) is 11.5 Å². The van der Waals surface area contributed by atoms with Gasteiger partial charge in [0.15, 0.2) is 0 Å². The highest BCUT2D eigenvalue weighted by atomic mass is 32.2. The van der Waals surface area contributed by atoms with Crippen molar-refractivity contribution in [2.45, 2.75) is 41.7 Å². The van der Waals surface area contributed by atoms with Crippen LogP contribution in [-0.4, -0.2) is 0 Å². The zero-order valence-corrected chi connectivity index (χ0v) is 31.0. The molecule has 3 aliphatic rings. The lowest BCUT2D eigenvalue weighted by Crippen LogP contribution is -2.39. The van der Waals surface area contributed by atoms with Crippen LogP contribution < -0.4 is 16.0 Å². The van der Waals surface area contributed by atoms with Crippen LogP contribution in [0.25, 0.3) is 49.1 Å². The first-order valence-electron chi connectivity index (χ1n) is 18.9. The largest absolute Gasteiger partial charge is 0.368 e. The monoisotopic (exact) mass is 713 g/mol. The third-order valence-electron chi connectivity index (χ3n) is 11.9. The molecule has 0 radical (unpaired) electrons. The van der Waals surface area contributed by atoms with E-state index in [-0.39, 0.29) is 23.0 Å². The van der Waals surface area contributed by atoms with Gasteiger partial charge in [0.25, 0.3) is 0 Å². The molecule has 8 aromatic carbocycles. The topological polar surface area (TPSA) is 36.1 Å². The van der Waals surface area contributed by atoms with Crippen LogP contribution in [0, 0.1) is 0 Å². The Labute approximate surface area is 320 Å². The molecular formula is C50H39N3S. The van der Waals surface area contributed by atoms with E-state index in [1.165, 1.54) is 87.4 Å². The van der Waals surface area contributed by atoms with Crippen molar-refractivity contribution in [2.75, 3.05) is 5.32 Å². The molecule has 2 heterocycles. The van der Waals surface area contributed by atoms with E-state index in [1.807, 2.05) is 11.8 Å². The zero-order valence-electron chi connectivity index (χ0n) is 30.2. The summed E-state index contributed by atoms with van der Waals surface area (Å²) in [5.41, 5.74) is 12.8. The number of fused-ring (bicyclic) bond motifs is 9. The molecule has 8 aromatic rings. The molecule has 11 rings (SSSR count). The van der Waals surface area contributed by atoms with Gasteiger partial charge in [-0.2, -0.15) is 0 Å². The predicted octanol–water partition coefficient (Wildman–Crippen LogP) is 12.6. The van der Waals surface area contributed by atoms with Gasteiger partial charge in [0.05, 0.1) is 11.7 Å². The van der Waals surface area contributed by atoms with Gasteiger partial charge >= 0.3 is 0 Å². The average molecular weight is 714 g/mol. The molecule has 2 aliphatic heterocycles. The van der Waals surface area contributed by atoms with Crippen LogP contribution in [0.4, 0.5) is 5.69 Å². The number of rotatable bonds is 4. The summed E-state index contributed by atoms with van der Waals surface area (Å²) < 4.78 is 0. The van der Waals surface area contributed by atoms with E-state index in [4.69, 9.17) is 0 Å². The van der Waals surface area contributed by atoms with Crippen LogP contribution >= 0.6 is 11.8 Å². The van der Waals surface area contributed by atoms with E-state index in [0.29, 0.717) is 0 Å². The van der Waals surface area contributed by atoms with E-state index in [1.54, 1.807) is 0 Å². The summed E-state index contributed by atoms with van der Waals surface area (Å²) in [6, 6.07) is 58.3. The second-order valence-corrected chi connectivity index (χ2v) is 16.6. The van der Waals surface area contributed by atoms with Crippen LogP contribution in [-0.2, 0) is 5.41 Å². The van der Waals surface area contributed by atoms with E-state index in [9.17, 15) is 0 Å². The summed E-state index contributed by atoms with van der Waals surface area (Å²) in [4.78, 5) is 1.30. The number of hydrogen-bond donors (Lipinski definition) is 3. The Balaban J connectivity index is 0.998. The van der Waals surface area contributed by atoms with Gasteiger partial charge in [-0.15, -0.1) is 0 Å². The fourth-order valence-electron chi connectivity index (χ4n) is 9.11. The van der Waals surface area contributed by atoms with Crippen molar-refractivity contribution in [3.8, 4) is 11.1 Å². The number of thioether (sulfide) groups is 1. The quantitative estimate of drug-likeness (QED) is 0.159. The minimum atomic E-state index is -0.0994. The smallest absolute Gasteiger partial charge is 0.104 e. The third kappa shape index (κ3) is 5.01. The van der Waals surface area contributed by atoms with Gasteiger partial charge in [-0.05, 0) is 95.7 Å². The normalized spacial score (nSPS) is 19.5. The fourth-order valence-corrected chi connectivity index (χ4v) is 10.3. The molecule has 0 bridgehead atoms. The molecule has 0 spiro atoms. The van der Waals surface area contributed by atoms with Crippen LogP contribution in [0.15, 0.2) is 169 Å². The SMILES string of the molecule is CC1(C)c2ccccc2-c2ccc(C3C=C(c4ccc5ccccc5c4)NC(c4ccc5c(ccc6ccc7c(c65)NC(c5ccccc5)S7)c4)N3)cc21. The Morgan fingerprint density at radius 2 is 1.28 bits per heavy atom. The number of nitrogens with one attached hydrogen (secondary N) is 3. The maximum Gasteiger partial charge on any atom is 0.104 e. The van der Waals surface area contributed by atoms with Crippen LogP contribution in [0.5, 0.6) is 0 Å². The summed E-state index contributed by atoms with van der Waals surface area (Å²) in [5, 5.41) is 19.6. The van der Waals surface area contributed by atoms with Crippen molar-refractivity contribution >= 4 is 55.5 Å². The maximum absolute atomic E-state index is 4.03. The van der Waals surface area contributed by atoms with E-state index >= 15 is 0 Å². The van der Waals surface area contributed by atoms with E-state index in [0.717, 1.165) is 5.70 Å². The van der Waals surface area contributed by atoms with Gasteiger partial charge in [0.2, 0.25) is 0 Å². The molecule has 3 N–H and O–H groups in total. The Morgan fingerprint density at radius 1 is 0.537 bits per heavy atom. The van der Waals surface area contributed by atoms with Gasteiger partial charge in [-0.1, -0.05) is 165 Å². The molecule has 4 heteroatoms. The van der Waals surface area contributed by atoms with Crippen molar-refractivity contribution in [3.63, 3.8) is 0 Å². The molecule has 3 unspecified atom stereocenters. The molecular weight excluding hydrogens is 675 g/mol. The second kappa shape index (κ2) is 12.1. The first-order valence-corrected chi connectivity index (χ1v) is 19.8. The summed E-state index contributed by atoms with van der Waals surface area (Å²) in [7, 11) is 0. The summed E-state index contributed by atoms with van der Waals surface area (Å²) in [5.74, 6) is 0. The highest BCUT2D eigenvalue weighted by molar-refractivity contribution is 8.00. The zero-order chi connectivity index (χ0) is 36.0. The molecule has 3 nitrogen and oxygen atoms in total. The first-order chi connectivity index (χ1) is 26.5. The molecule has 0 saturated heterocycles. The highest BCUT2D eigenvalue weighted by Gasteiger charge is 2.36. The first kappa shape index (κ1) is 31.7. The van der Waals surface area contributed by atoms with E-state index in [2.05, 4.69) is 194 Å². The number of hydrogen-bond acceptors (Lipinski definition) is 4. The summed E-state index contributed by atoms with van der Waals surface area (Å²) in [6.07, 6.45) is 2.28. The summed E-state index contributed by atoms with van der Waals surface area (Å²) >= 11 is 1.90. The van der Waals surface area contributed by atoms with Gasteiger partial charge in [-0.25, -0.2) is 0 Å². The molecule has 0 saturated carbocycles. The standard InChI is InChI=1S/C50H39N3S/c1-50(2)41-15-9-8-14-39(41)40-24-20-36(28-42(40)50)44-29-43(35-19-16-30-10-6-7-13-33(30)26-35)51-48(52-44)37-21-23-38-34(27-37)18-17-31-22-25-45-47(46(31)38)53-49(54-45)32-11-4-3-5-12-32/h3-29,44,48-49,51-53H,1-2H3. The highest BCUT2D eigenvalue weighted by Crippen LogP contribution is 2.51. The minimum Gasteiger partial charge on any atom is -0.368 e. The Hall–Kier alpha value is -5.81. The lowest BCUT2D eigenvalue weighted by atomic mass is 9.81. The predicted molar refractivity (Wildman–Crippen MR) is 228 cm³/mol. The van der Waals surface area contributed by atoms with Crippen LogP contribution in [0.1, 0.15) is 64.8 Å². The average Bonchev–Trinajstić information content (AvgIpc) is 3.77. The van der Waals surface area contributed by atoms with E-state index < -0.39 is 0 Å². The number of anilines is 1. The molecule has 54 heavy (non-hydrogen) atoms. The molecule has 1 aliphatic carbocycles. The Morgan fingerprint density at radius 3 is 2.19 bits per heavy atom. The second-order valence-electron chi connectivity index (χ2n) is 15.5. The van der Waals surface area contributed by atoms with Crippen molar-refractivity contribution in [1.82, 2.24) is 10.6 Å². The Kier molecular flexibility index (Phi) is 7.11. The van der Waals surface area contributed by atoms with Gasteiger partial charge < -0.3 is 10.6 Å². The minimum absolute atomic E-state index is 0.00856. The summed E-state index contributed by atoms with van der Waals surface area (Å²) in [6.45, 7) is 4.72. The number of benzene rings is 8. The molecule has 3 atom stereocenters. The third-order valence-corrected chi connectivity index (χ3v) is 13.2. The van der Waals surface area contributed by atoms with Crippen molar-refractivity contribution in [2.24, 2.45) is 0 Å².